The summed E-state index contributed by atoms with van der Waals surface area (Å²) in [6.07, 6.45) is -0.109. The first-order valence-electron chi connectivity index (χ1n) is 5.49. The summed E-state index contributed by atoms with van der Waals surface area (Å²) in [7, 11) is 0. The minimum atomic E-state index is -1.52. The molecule has 0 aromatic rings. The zero-order valence-electron chi connectivity index (χ0n) is 10.0. The van der Waals surface area contributed by atoms with E-state index in [0.29, 0.717) is 0 Å². The van der Waals surface area contributed by atoms with Gasteiger partial charge in [-0.2, -0.15) is 0 Å². The van der Waals surface area contributed by atoms with Crippen LogP contribution < -0.4 is 0 Å². The molecule has 2 N–H and O–H groups in total. The van der Waals surface area contributed by atoms with Crippen molar-refractivity contribution in [3.63, 3.8) is 0 Å². The third-order valence-corrected chi connectivity index (χ3v) is 2.67. The molecule has 0 aromatic heterocycles. The molecular formula is C11H20O5. The van der Waals surface area contributed by atoms with Gasteiger partial charge in [0.25, 0.3) is 0 Å². The molecule has 0 fully saturated rings. The Labute approximate surface area is 95.4 Å². The van der Waals surface area contributed by atoms with E-state index in [1.165, 1.54) is 0 Å². The highest BCUT2D eigenvalue weighted by Gasteiger charge is 2.45. The van der Waals surface area contributed by atoms with E-state index >= 15 is 0 Å². The standard InChI is InChI=1S/C11H20O5/c1-4-11(9(13)14,7-6-8(3)12)10(15)16-5-2/h8,12H,4-7H2,1-3H3,(H,13,14). The molecule has 0 bridgehead atoms. The highest BCUT2D eigenvalue weighted by atomic mass is 16.5. The summed E-state index contributed by atoms with van der Waals surface area (Å²) in [5.41, 5.74) is -1.52. The van der Waals surface area contributed by atoms with E-state index in [0.717, 1.165) is 0 Å². The van der Waals surface area contributed by atoms with Gasteiger partial charge in [-0.3, -0.25) is 9.59 Å². The average molecular weight is 232 g/mol. The van der Waals surface area contributed by atoms with Crippen LogP contribution in [0.5, 0.6) is 0 Å². The molecular weight excluding hydrogens is 212 g/mol. The molecule has 94 valence electrons. The number of aliphatic hydroxyl groups excluding tert-OH is 1. The van der Waals surface area contributed by atoms with Crippen molar-refractivity contribution in [2.45, 2.75) is 46.1 Å². The number of aliphatic carboxylic acids is 1. The van der Waals surface area contributed by atoms with Gasteiger partial charge in [-0.1, -0.05) is 6.92 Å². The van der Waals surface area contributed by atoms with E-state index in [9.17, 15) is 9.59 Å². The van der Waals surface area contributed by atoms with Crippen LogP contribution in [0.2, 0.25) is 0 Å². The molecule has 5 heteroatoms. The second kappa shape index (κ2) is 6.48. The topological polar surface area (TPSA) is 83.8 Å². The van der Waals surface area contributed by atoms with Crippen LogP contribution in [0.4, 0.5) is 0 Å². The summed E-state index contributed by atoms with van der Waals surface area (Å²) < 4.78 is 4.79. The molecule has 2 atom stereocenters. The maximum Gasteiger partial charge on any atom is 0.323 e. The van der Waals surface area contributed by atoms with Gasteiger partial charge in [0.2, 0.25) is 0 Å². The number of aliphatic hydroxyl groups is 1. The first kappa shape index (κ1) is 14.9. The van der Waals surface area contributed by atoms with Gasteiger partial charge in [0.05, 0.1) is 12.7 Å². The van der Waals surface area contributed by atoms with Gasteiger partial charge in [0.1, 0.15) is 0 Å². The largest absolute Gasteiger partial charge is 0.480 e. The van der Waals surface area contributed by atoms with E-state index in [1.54, 1.807) is 20.8 Å². The monoisotopic (exact) mass is 232 g/mol. The first-order chi connectivity index (χ1) is 7.40. The predicted molar refractivity (Wildman–Crippen MR) is 57.9 cm³/mol. The second-order valence-electron chi connectivity index (χ2n) is 3.85. The Bertz CT molecular complexity index is 249. The quantitative estimate of drug-likeness (QED) is 0.509. The van der Waals surface area contributed by atoms with E-state index in [2.05, 4.69) is 0 Å². The molecule has 5 nitrogen and oxygen atoms in total. The summed E-state index contributed by atoms with van der Waals surface area (Å²) in [5, 5.41) is 18.3. The maximum absolute atomic E-state index is 11.7. The van der Waals surface area contributed by atoms with Crippen LogP contribution in [-0.2, 0) is 14.3 Å². The minimum Gasteiger partial charge on any atom is -0.480 e. The van der Waals surface area contributed by atoms with Crippen molar-refractivity contribution in [3.8, 4) is 0 Å². The highest BCUT2D eigenvalue weighted by Crippen LogP contribution is 2.31. The Morgan fingerprint density at radius 1 is 1.38 bits per heavy atom. The lowest BCUT2D eigenvalue weighted by Crippen LogP contribution is -2.40. The molecule has 0 saturated heterocycles. The van der Waals surface area contributed by atoms with E-state index < -0.39 is 23.5 Å². The lowest BCUT2D eigenvalue weighted by molar-refractivity contribution is -0.169. The van der Waals surface area contributed by atoms with Crippen LogP contribution in [-0.4, -0.2) is 34.9 Å². The Morgan fingerprint density at radius 2 is 1.94 bits per heavy atom. The number of carboxylic acid groups (broad SMARTS) is 1. The summed E-state index contributed by atoms with van der Waals surface area (Å²) in [5.74, 6) is -1.90. The molecule has 16 heavy (non-hydrogen) atoms. The average Bonchev–Trinajstić information content (AvgIpc) is 2.18. The Balaban J connectivity index is 4.85. The van der Waals surface area contributed by atoms with Crippen LogP contribution in [0, 0.1) is 5.41 Å². The number of esters is 1. The first-order valence-corrected chi connectivity index (χ1v) is 5.49. The smallest absolute Gasteiger partial charge is 0.323 e. The van der Waals surface area contributed by atoms with Gasteiger partial charge in [-0.05, 0) is 33.1 Å². The molecule has 2 unspecified atom stereocenters. The molecule has 0 aliphatic heterocycles. The zero-order valence-corrected chi connectivity index (χ0v) is 10.0. The molecule has 0 rings (SSSR count). The van der Waals surface area contributed by atoms with Crippen molar-refractivity contribution < 1.29 is 24.5 Å². The SMILES string of the molecule is CCOC(=O)C(CC)(CCC(C)O)C(=O)O. The normalized spacial score (nSPS) is 16.2. The highest BCUT2D eigenvalue weighted by molar-refractivity contribution is 5.99. The third-order valence-electron chi connectivity index (χ3n) is 2.67. The molecule has 0 aliphatic rings. The lowest BCUT2D eigenvalue weighted by Gasteiger charge is -2.26. The maximum atomic E-state index is 11.7. The van der Waals surface area contributed by atoms with Crippen molar-refractivity contribution in [2.75, 3.05) is 6.61 Å². The number of rotatable bonds is 7. The second-order valence-corrected chi connectivity index (χ2v) is 3.85. The van der Waals surface area contributed by atoms with E-state index in [-0.39, 0.29) is 25.9 Å². The Kier molecular flexibility index (Phi) is 6.03. The van der Waals surface area contributed by atoms with Crippen LogP contribution in [0.3, 0.4) is 0 Å². The summed E-state index contributed by atoms with van der Waals surface area (Å²) in [4.78, 5) is 22.9. The van der Waals surface area contributed by atoms with Crippen molar-refractivity contribution >= 4 is 11.9 Å². The van der Waals surface area contributed by atoms with Crippen molar-refractivity contribution in [3.05, 3.63) is 0 Å². The molecule has 0 amide bonds. The minimum absolute atomic E-state index is 0.0926. The van der Waals surface area contributed by atoms with Gasteiger partial charge in [0.15, 0.2) is 5.41 Å². The molecule has 0 aliphatic carbocycles. The summed E-state index contributed by atoms with van der Waals surface area (Å²) >= 11 is 0. The lowest BCUT2D eigenvalue weighted by atomic mass is 9.80. The molecule has 0 saturated carbocycles. The number of hydrogen-bond acceptors (Lipinski definition) is 4. The summed E-state index contributed by atoms with van der Waals surface area (Å²) in [6.45, 7) is 4.98. The summed E-state index contributed by atoms with van der Waals surface area (Å²) in [6, 6.07) is 0. The van der Waals surface area contributed by atoms with Gasteiger partial charge in [0, 0.05) is 0 Å². The van der Waals surface area contributed by atoms with Crippen molar-refractivity contribution in [1.82, 2.24) is 0 Å². The number of carboxylic acids is 1. The molecule has 0 aromatic carbocycles. The van der Waals surface area contributed by atoms with Crippen LogP contribution in [0.25, 0.3) is 0 Å². The number of ether oxygens (including phenoxy) is 1. The van der Waals surface area contributed by atoms with Crippen molar-refractivity contribution in [2.24, 2.45) is 5.41 Å². The van der Waals surface area contributed by atoms with Crippen LogP contribution in [0.15, 0.2) is 0 Å². The number of carbonyl (C=O) groups is 2. The zero-order chi connectivity index (χ0) is 12.8. The molecule has 0 spiro atoms. The Hall–Kier alpha value is -1.10. The van der Waals surface area contributed by atoms with Crippen LogP contribution in [0.1, 0.15) is 40.0 Å². The van der Waals surface area contributed by atoms with Crippen LogP contribution >= 0.6 is 0 Å². The third kappa shape index (κ3) is 3.48. The van der Waals surface area contributed by atoms with Gasteiger partial charge in [-0.15, -0.1) is 0 Å². The van der Waals surface area contributed by atoms with E-state index in [4.69, 9.17) is 14.9 Å². The predicted octanol–water partition coefficient (Wildman–Crippen LogP) is 1.19. The fraction of sp³-hybridized carbons (Fsp3) is 0.818. The number of carbonyl (C=O) groups excluding carboxylic acids is 1. The fourth-order valence-corrected chi connectivity index (χ4v) is 1.49. The van der Waals surface area contributed by atoms with Crippen molar-refractivity contribution in [1.29, 1.82) is 0 Å². The van der Waals surface area contributed by atoms with Gasteiger partial charge < -0.3 is 14.9 Å². The van der Waals surface area contributed by atoms with E-state index in [1.807, 2.05) is 0 Å². The van der Waals surface area contributed by atoms with Gasteiger partial charge in [-0.25, -0.2) is 0 Å². The number of hydrogen-bond donors (Lipinski definition) is 2. The van der Waals surface area contributed by atoms with Gasteiger partial charge >= 0.3 is 11.9 Å². The molecule has 0 heterocycles. The molecule has 0 radical (unpaired) electrons. The Morgan fingerprint density at radius 3 is 2.25 bits per heavy atom. The fourth-order valence-electron chi connectivity index (χ4n) is 1.49.